The fourth-order valence-electron chi connectivity index (χ4n) is 1.19. The summed E-state index contributed by atoms with van der Waals surface area (Å²) in [6, 6.07) is 0. The minimum atomic E-state index is 0.550. The minimum absolute atomic E-state index is 0.550. The highest BCUT2D eigenvalue weighted by molar-refractivity contribution is 5.52. The summed E-state index contributed by atoms with van der Waals surface area (Å²) in [6.45, 7) is 5.55. The minimum Gasteiger partial charge on any atom is -0.462 e. The van der Waals surface area contributed by atoms with E-state index in [2.05, 4.69) is 18.7 Å². The molecule has 11 heavy (non-hydrogen) atoms. The lowest BCUT2D eigenvalue weighted by molar-refractivity contribution is 0.318. The molecular formula is C10H10O. The molecule has 2 rings (SSSR count). The van der Waals surface area contributed by atoms with E-state index in [4.69, 9.17) is 4.74 Å². The van der Waals surface area contributed by atoms with Crippen molar-refractivity contribution in [2.45, 2.75) is 6.92 Å². The Morgan fingerprint density at radius 3 is 3.18 bits per heavy atom. The molecule has 0 bridgehead atoms. The highest BCUT2D eigenvalue weighted by Crippen LogP contribution is 2.40. The summed E-state index contributed by atoms with van der Waals surface area (Å²) in [5.74, 6) is 2.26. The Morgan fingerprint density at radius 1 is 1.64 bits per heavy atom. The van der Waals surface area contributed by atoms with Crippen LogP contribution in [0.5, 0.6) is 0 Å². The maximum absolute atomic E-state index is 5.39. The van der Waals surface area contributed by atoms with Gasteiger partial charge in [-0.1, -0.05) is 24.8 Å². The predicted octanol–water partition coefficient (Wildman–Crippen LogP) is 2.55. The van der Waals surface area contributed by atoms with Gasteiger partial charge in [-0.05, 0) is 13.0 Å². The van der Waals surface area contributed by atoms with Crippen LogP contribution in [0, 0.1) is 5.92 Å². The molecule has 0 amide bonds. The summed E-state index contributed by atoms with van der Waals surface area (Å²) in [6.07, 6.45) is 8.33. The SMILES string of the molecule is C=C(C)OC1=CC=CC2C=C12. The fourth-order valence-corrected chi connectivity index (χ4v) is 1.19. The highest BCUT2D eigenvalue weighted by atomic mass is 16.5. The van der Waals surface area contributed by atoms with Gasteiger partial charge >= 0.3 is 0 Å². The third kappa shape index (κ3) is 1.14. The van der Waals surface area contributed by atoms with Crippen LogP contribution in [0.3, 0.4) is 0 Å². The van der Waals surface area contributed by atoms with E-state index in [0.29, 0.717) is 5.92 Å². The zero-order valence-corrected chi connectivity index (χ0v) is 6.50. The second kappa shape index (κ2) is 2.12. The van der Waals surface area contributed by atoms with E-state index in [0.717, 1.165) is 11.5 Å². The predicted molar refractivity (Wildman–Crippen MR) is 44.7 cm³/mol. The average Bonchev–Trinajstić information content (AvgIpc) is 2.65. The van der Waals surface area contributed by atoms with Crippen LogP contribution >= 0.6 is 0 Å². The van der Waals surface area contributed by atoms with Gasteiger partial charge in [-0.2, -0.15) is 0 Å². The van der Waals surface area contributed by atoms with Gasteiger partial charge in [-0.3, -0.25) is 0 Å². The molecule has 1 nitrogen and oxygen atoms in total. The van der Waals surface area contributed by atoms with Crippen molar-refractivity contribution in [3.05, 3.63) is 48.0 Å². The summed E-state index contributed by atoms with van der Waals surface area (Å²) in [5.41, 5.74) is 1.30. The lowest BCUT2D eigenvalue weighted by Gasteiger charge is -2.08. The van der Waals surface area contributed by atoms with Gasteiger partial charge in [0.25, 0.3) is 0 Å². The van der Waals surface area contributed by atoms with Gasteiger partial charge < -0.3 is 4.74 Å². The van der Waals surface area contributed by atoms with E-state index < -0.39 is 0 Å². The van der Waals surface area contributed by atoms with Gasteiger partial charge in [0.15, 0.2) is 0 Å². The van der Waals surface area contributed by atoms with E-state index in [1.54, 1.807) is 0 Å². The first-order valence-corrected chi connectivity index (χ1v) is 3.71. The van der Waals surface area contributed by atoms with E-state index in [1.807, 2.05) is 19.1 Å². The summed E-state index contributed by atoms with van der Waals surface area (Å²) >= 11 is 0. The first kappa shape index (κ1) is 6.47. The van der Waals surface area contributed by atoms with Crippen molar-refractivity contribution in [1.29, 1.82) is 0 Å². The maximum Gasteiger partial charge on any atom is 0.130 e. The first-order valence-electron chi connectivity index (χ1n) is 3.71. The lowest BCUT2D eigenvalue weighted by Crippen LogP contribution is -1.92. The number of hydrogen-bond acceptors (Lipinski definition) is 1. The molecule has 0 aromatic rings. The van der Waals surface area contributed by atoms with Crippen molar-refractivity contribution in [1.82, 2.24) is 0 Å². The number of allylic oxidation sites excluding steroid dienone is 6. The van der Waals surface area contributed by atoms with Gasteiger partial charge in [0, 0.05) is 11.5 Å². The molecule has 56 valence electrons. The molecule has 1 unspecified atom stereocenters. The van der Waals surface area contributed by atoms with Crippen molar-refractivity contribution in [3.63, 3.8) is 0 Å². The molecule has 0 aromatic carbocycles. The first-order chi connectivity index (χ1) is 5.27. The summed E-state index contributed by atoms with van der Waals surface area (Å²) < 4.78 is 5.39. The molecule has 0 radical (unpaired) electrons. The molecular weight excluding hydrogens is 136 g/mol. The van der Waals surface area contributed by atoms with Gasteiger partial charge in [0.2, 0.25) is 0 Å². The van der Waals surface area contributed by atoms with Crippen molar-refractivity contribution >= 4 is 0 Å². The Kier molecular flexibility index (Phi) is 1.25. The molecule has 2 aliphatic rings. The van der Waals surface area contributed by atoms with Crippen molar-refractivity contribution in [2.75, 3.05) is 0 Å². The van der Waals surface area contributed by atoms with Crippen LogP contribution in [0.15, 0.2) is 48.0 Å². The number of rotatable bonds is 2. The highest BCUT2D eigenvalue weighted by Gasteiger charge is 2.28. The Hall–Kier alpha value is -1.24. The van der Waals surface area contributed by atoms with Crippen LogP contribution in [0.4, 0.5) is 0 Å². The summed E-state index contributed by atoms with van der Waals surface area (Å²) in [4.78, 5) is 0. The van der Waals surface area contributed by atoms with E-state index >= 15 is 0 Å². The normalized spacial score (nSPS) is 25.0. The number of ether oxygens (including phenoxy) is 1. The van der Waals surface area contributed by atoms with Gasteiger partial charge in [0.1, 0.15) is 5.76 Å². The standard InChI is InChI=1S/C10H10O/c1-7(2)11-10-5-3-4-8-6-9(8)10/h3-6,8H,1H2,2H3. The van der Waals surface area contributed by atoms with Gasteiger partial charge in [0.05, 0.1) is 5.76 Å². The molecule has 0 heterocycles. The van der Waals surface area contributed by atoms with E-state index in [1.165, 1.54) is 5.57 Å². The van der Waals surface area contributed by atoms with Crippen LogP contribution in [0.1, 0.15) is 6.92 Å². The molecule has 1 atom stereocenters. The van der Waals surface area contributed by atoms with Gasteiger partial charge in [-0.25, -0.2) is 0 Å². The average molecular weight is 146 g/mol. The molecule has 0 spiro atoms. The van der Waals surface area contributed by atoms with Crippen LogP contribution in [0.25, 0.3) is 0 Å². The zero-order valence-electron chi connectivity index (χ0n) is 6.50. The van der Waals surface area contributed by atoms with E-state index in [9.17, 15) is 0 Å². The van der Waals surface area contributed by atoms with Crippen LogP contribution < -0.4 is 0 Å². The van der Waals surface area contributed by atoms with Crippen LogP contribution in [-0.4, -0.2) is 0 Å². The van der Waals surface area contributed by atoms with E-state index in [-0.39, 0.29) is 0 Å². The smallest absolute Gasteiger partial charge is 0.130 e. The Balaban J connectivity index is 2.13. The second-order valence-corrected chi connectivity index (χ2v) is 2.87. The molecule has 0 N–H and O–H groups in total. The zero-order chi connectivity index (χ0) is 7.84. The van der Waals surface area contributed by atoms with Crippen molar-refractivity contribution in [3.8, 4) is 0 Å². The third-order valence-electron chi connectivity index (χ3n) is 1.74. The molecule has 0 fully saturated rings. The Bertz CT molecular complexity index is 292. The van der Waals surface area contributed by atoms with Gasteiger partial charge in [-0.15, -0.1) is 0 Å². The summed E-state index contributed by atoms with van der Waals surface area (Å²) in [5, 5.41) is 0. The fraction of sp³-hybridized carbons (Fsp3) is 0.200. The van der Waals surface area contributed by atoms with Crippen LogP contribution in [0.2, 0.25) is 0 Å². The molecule has 0 aliphatic heterocycles. The molecule has 0 saturated heterocycles. The topological polar surface area (TPSA) is 9.23 Å². The summed E-state index contributed by atoms with van der Waals surface area (Å²) in [7, 11) is 0. The van der Waals surface area contributed by atoms with Crippen molar-refractivity contribution in [2.24, 2.45) is 5.92 Å². The molecule has 0 saturated carbocycles. The lowest BCUT2D eigenvalue weighted by atomic mass is 10.1. The molecule has 1 heteroatoms. The van der Waals surface area contributed by atoms with Crippen LogP contribution in [-0.2, 0) is 4.74 Å². The van der Waals surface area contributed by atoms with Crippen molar-refractivity contribution < 1.29 is 4.74 Å². The monoisotopic (exact) mass is 146 g/mol. The second-order valence-electron chi connectivity index (χ2n) is 2.87. The quantitative estimate of drug-likeness (QED) is 0.544. The number of fused-ring (bicyclic) bond motifs is 1. The molecule has 0 aromatic heterocycles. The Labute approximate surface area is 66.4 Å². The number of hydrogen-bond donors (Lipinski definition) is 0. The third-order valence-corrected chi connectivity index (χ3v) is 1.74. The molecule has 2 aliphatic carbocycles. The largest absolute Gasteiger partial charge is 0.462 e. The maximum atomic E-state index is 5.39. The Morgan fingerprint density at radius 2 is 2.45 bits per heavy atom.